The SMILES string of the molecule is Cn1c(C2CCCOC2)nc2cc(CN)ccc21. The van der Waals surface area contributed by atoms with Crippen LogP contribution >= 0.6 is 0 Å². The molecule has 4 nitrogen and oxygen atoms in total. The van der Waals surface area contributed by atoms with Gasteiger partial charge in [0.2, 0.25) is 0 Å². The van der Waals surface area contributed by atoms with Gasteiger partial charge in [-0.15, -0.1) is 0 Å². The van der Waals surface area contributed by atoms with Gasteiger partial charge in [0, 0.05) is 26.1 Å². The van der Waals surface area contributed by atoms with E-state index in [1.807, 2.05) is 0 Å². The lowest BCUT2D eigenvalue weighted by Crippen LogP contribution is -2.18. The molecule has 18 heavy (non-hydrogen) atoms. The van der Waals surface area contributed by atoms with Crippen LogP contribution in [-0.4, -0.2) is 22.8 Å². The summed E-state index contributed by atoms with van der Waals surface area (Å²) in [5.74, 6) is 1.57. The summed E-state index contributed by atoms with van der Waals surface area (Å²) in [6.07, 6.45) is 2.29. The number of ether oxygens (including phenoxy) is 1. The molecule has 2 aromatic rings. The van der Waals surface area contributed by atoms with E-state index in [4.69, 9.17) is 15.5 Å². The van der Waals surface area contributed by atoms with Gasteiger partial charge in [-0.2, -0.15) is 0 Å². The van der Waals surface area contributed by atoms with Gasteiger partial charge in [-0.1, -0.05) is 6.07 Å². The fraction of sp³-hybridized carbons (Fsp3) is 0.500. The van der Waals surface area contributed by atoms with Gasteiger partial charge in [0.1, 0.15) is 5.82 Å². The largest absolute Gasteiger partial charge is 0.381 e. The molecule has 1 aromatic heterocycles. The number of imidazole rings is 1. The molecule has 1 saturated heterocycles. The predicted molar refractivity (Wildman–Crippen MR) is 71.4 cm³/mol. The first-order valence-electron chi connectivity index (χ1n) is 6.52. The zero-order valence-corrected chi connectivity index (χ0v) is 10.7. The molecular weight excluding hydrogens is 226 g/mol. The van der Waals surface area contributed by atoms with Crippen molar-refractivity contribution in [1.29, 1.82) is 0 Å². The first kappa shape index (κ1) is 11.7. The molecule has 1 aliphatic heterocycles. The third-order valence-electron chi connectivity index (χ3n) is 3.74. The summed E-state index contributed by atoms with van der Waals surface area (Å²) in [5.41, 5.74) is 9.02. The highest BCUT2D eigenvalue weighted by Crippen LogP contribution is 2.27. The molecule has 1 aliphatic rings. The zero-order chi connectivity index (χ0) is 12.5. The van der Waals surface area contributed by atoms with Gasteiger partial charge in [-0.25, -0.2) is 4.98 Å². The second-order valence-electron chi connectivity index (χ2n) is 4.97. The minimum atomic E-state index is 0.428. The van der Waals surface area contributed by atoms with Gasteiger partial charge < -0.3 is 15.0 Å². The van der Waals surface area contributed by atoms with E-state index < -0.39 is 0 Å². The van der Waals surface area contributed by atoms with Gasteiger partial charge in [0.15, 0.2) is 0 Å². The quantitative estimate of drug-likeness (QED) is 0.879. The minimum Gasteiger partial charge on any atom is -0.381 e. The Bertz CT molecular complexity index is 555. The highest BCUT2D eigenvalue weighted by molar-refractivity contribution is 5.77. The minimum absolute atomic E-state index is 0.428. The summed E-state index contributed by atoms with van der Waals surface area (Å²) in [6, 6.07) is 6.27. The molecule has 96 valence electrons. The van der Waals surface area contributed by atoms with E-state index in [0.717, 1.165) is 36.5 Å². The van der Waals surface area contributed by atoms with Gasteiger partial charge in [-0.05, 0) is 30.5 Å². The van der Waals surface area contributed by atoms with E-state index in [-0.39, 0.29) is 0 Å². The summed E-state index contributed by atoms with van der Waals surface area (Å²) in [4.78, 5) is 4.77. The molecule has 0 radical (unpaired) electrons. The number of rotatable bonds is 2. The molecule has 0 amide bonds. The van der Waals surface area contributed by atoms with Crippen LogP contribution in [0.25, 0.3) is 11.0 Å². The van der Waals surface area contributed by atoms with Crippen LogP contribution in [0.1, 0.15) is 30.1 Å². The summed E-state index contributed by atoms with van der Waals surface area (Å²) >= 11 is 0. The van der Waals surface area contributed by atoms with E-state index >= 15 is 0 Å². The van der Waals surface area contributed by atoms with Crippen molar-refractivity contribution in [2.45, 2.75) is 25.3 Å². The Kier molecular flexibility index (Phi) is 3.06. The maximum atomic E-state index is 5.67. The van der Waals surface area contributed by atoms with Crippen LogP contribution < -0.4 is 5.73 Å². The number of nitrogens with two attached hydrogens (primary N) is 1. The maximum absolute atomic E-state index is 5.67. The Hall–Kier alpha value is -1.39. The Labute approximate surface area is 107 Å². The van der Waals surface area contributed by atoms with E-state index in [1.165, 1.54) is 11.9 Å². The van der Waals surface area contributed by atoms with Gasteiger partial charge in [0.25, 0.3) is 0 Å². The summed E-state index contributed by atoms with van der Waals surface area (Å²) in [7, 11) is 2.08. The van der Waals surface area contributed by atoms with Crippen molar-refractivity contribution in [2.75, 3.05) is 13.2 Å². The Morgan fingerprint density at radius 1 is 1.50 bits per heavy atom. The Balaban J connectivity index is 2.04. The molecule has 2 N–H and O–H groups in total. The molecule has 0 saturated carbocycles. The fourth-order valence-corrected chi connectivity index (χ4v) is 2.70. The molecule has 1 aromatic carbocycles. The van der Waals surface area contributed by atoms with E-state index in [1.54, 1.807) is 0 Å². The Morgan fingerprint density at radius 3 is 3.11 bits per heavy atom. The van der Waals surface area contributed by atoms with Crippen LogP contribution in [0.4, 0.5) is 0 Å². The second kappa shape index (κ2) is 4.71. The van der Waals surface area contributed by atoms with E-state index in [9.17, 15) is 0 Å². The maximum Gasteiger partial charge on any atom is 0.115 e. The molecule has 0 bridgehead atoms. The first-order valence-corrected chi connectivity index (χ1v) is 6.52. The molecule has 0 aliphatic carbocycles. The van der Waals surface area contributed by atoms with Crippen molar-refractivity contribution in [2.24, 2.45) is 12.8 Å². The summed E-state index contributed by atoms with van der Waals surface area (Å²) in [6.45, 7) is 2.24. The fourth-order valence-electron chi connectivity index (χ4n) is 2.70. The number of aromatic nitrogens is 2. The second-order valence-corrected chi connectivity index (χ2v) is 4.97. The summed E-state index contributed by atoms with van der Waals surface area (Å²) < 4.78 is 7.75. The lowest BCUT2D eigenvalue weighted by Gasteiger charge is -2.21. The van der Waals surface area contributed by atoms with Crippen molar-refractivity contribution in [3.8, 4) is 0 Å². The van der Waals surface area contributed by atoms with Gasteiger partial charge in [0.05, 0.1) is 17.6 Å². The van der Waals surface area contributed by atoms with Crippen molar-refractivity contribution in [1.82, 2.24) is 9.55 Å². The normalized spacial score (nSPS) is 20.4. The monoisotopic (exact) mass is 245 g/mol. The molecule has 2 heterocycles. The average Bonchev–Trinajstić information content (AvgIpc) is 2.76. The van der Waals surface area contributed by atoms with E-state index in [2.05, 4.69) is 29.8 Å². The smallest absolute Gasteiger partial charge is 0.115 e. The predicted octanol–water partition coefficient (Wildman–Crippen LogP) is 1.93. The highest BCUT2D eigenvalue weighted by atomic mass is 16.5. The average molecular weight is 245 g/mol. The van der Waals surface area contributed by atoms with Crippen molar-refractivity contribution < 1.29 is 4.74 Å². The zero-order valence-electron chi connectivity index (χ0n) is 10.7. The molecular formula is C14H19N3O. The third kappa shape index (κ3) is 1.91. The highest BCUT2D eigenvalue weighted by Gasteiger charge is 2.21. The lowest BCUT2D eigenvalue weighted by molar-refractivity contribution is 0.0774. The standard InChI is InChI=1S/C14H19N3O/c1-17-13-5-4-10(8-15)7-12(13)16-14(17)11-3-2-6-18-9-11/h4-5,7,11H,2-3,6,8-9,15H2,1H3. The van der Waals surface area contributed by atoms with Gasteiger partial charge >= 0.3 is 0 Å². The first-order chi connectivity index (χ1) is 8.79. The number of benzene rings is 1. The van der Waals surface area contributed by atoms with Crippen LogP contribution in [0.2, 0.25) is 0 Å². The molecule has 0 spiro atoms. The summed E-state index contributed by atoms with van der Waals surface area (Å²) in [5, 5.41) is 0. The van der Waals surface area contributed by atoms with Crippen LogP contribution in [-0.2, 0) is 18.3 Å². The van der Waals surface area contributed by atoms with Crippen molar-refractivity contribution >= 4 is 11.0 Å². The number of hydrogen-bond acceptors (Lipinski definition) is 3. The number of fused-ring (bicyclic) bond motifs is 1. The van der Waals surface area contributed by atoms with E-state index in [0.29, 0.717) is 12.5 Å². The molecule has 4 heteroatoms. The van der Waals surface area contributed by atoms with Crippen molar-refractivity contribution in [3.05, 3.63) is 29.6 Å². The lowest BCUT2D eigenvalue weighted by atomic mass is 10.0. The van der Waals surface area contributed by atoms with Crippen LogP contribution in [0.3, 0.4) is 0 Å². The Morgan fingerprint density at radius 2 is 2.39 bits per heavy atom. The number of hydrogen-bond donors (Lipinski definition) is 1. The molecule has 3 rings (SSSR count). The van der Waals surface area contributed by atoms with Crippen molar-refractivity contribution in [3.63, 3.8) is 0 Å². The van der Waals surface area contributed by atoms with Crippen LogP contribution in [0.5, 0.6) is 0 Å². The molecule has 1 atom stereocenters. The third-order valence-corrected chi connectivity index (χ3v) is 3.74. The molecule has 1 unspecified atom stereocenters. The topological polar surface area (TPSA) is 53.1 Å². The number of nitrogens with zero attached hydrogens (tertiary/aromatic N) is 2. The van der Waals surface area contributed by atoms with Crippen LogP contribution in [0, 0.1) is 0 Å². The van der Waals surface area contributed by atoms with Crippen LogP contribution in [0.15, 0.2) is 18.2 Å². The molecule has 1 fully saturated rings. The van der Waals surface area contributed by atoms with Gasteiger partial charge in [-0.3, -0.25) is 0 Å². The number of aryl methyl sites for hydroxylation is 1.